The highest BCUT2D eigenvalue weighted by Crippen LogP contribution is 2.22. The molecule has 2 aliphatic heterocycles. The molecule has 2 aromatic rings. The zero-order valence-electron chi connectivity index (χ0n) is 15.7. The minimum Gasteiger partial charge on any atom is -0.340 e. The van der Waals surface area contributed by atoms with Crippen LogP contribution in [0, 0.1) is 12.8 Å². The van der Waals surface area contributed by atoms with Gasteiger partial charge in [0.2, 0.25) is 5.91 Å². The molecule has 0 radical (unpaired) electrons. The van der Waals surface area contributed by atoms with Gasteiger partial charge in [-0.05, 0) is 31.0 Å². The predicted octanol–water partition coefficient (Wildman–Crippen LogP) is 0.694. The lowest BCUT2D eigenvalue weighted by Gasteiger charge is -2.35. The summed E-state index contributed by atoms with van der Waals surface area (Å²) in [6.45, 7) is 6.44. The third-order valence-electron chi connectivity index (χ3n) is 5.25. The number of aromatic nitrogens is 3. The van der Waals surface area contributed by atoms with Gasteiger partial charge in [0.1, 0.15) is 12.2 Å². The molecule has 27 heavy (non-hydrogen) atoms. The zero-order chi connectivity index (χ0) is 19.0. The second-order valence-electron chi connectivity index (χ2n) is 7.36. The summed E-state index contributed by atoms with van der Waals surface area (Å²) in [6.07, 6.45) is 1.50. The van der Waals surface area contributed by atoms with E-state index >= 15 is 0 Å². The number of thiophene rings is 1. The van der Waals surface area contributed by atoms with Gasteiger partial charge in [-0.25, -0.2) is 9.67 Å². The van der Waals surface area contributed by atoms with E-state index in [1.54, 1.807) is 9.58 Å². The quantitative estimate of drug-likeness (QED) is 0.757. The molecule has 144 valence electrons. The van der Waals surface area contributed by atoms with Crippen molar-refractivity contribution in [1.82, 2.24) is 29.5 Å². The zero-order valence-corrected chi connectivity index (χ0v) is 16.5. The second kappa shape index (κ2) is 7.40. The maximum absolute atomic E-state index is 13.2. The highest BCUT2D eigenvalue weighted by atomic mass is 32.1. The molecule has 2 amide bonds. The molecule has 4 heterocycles. The number of aryl methyl sites for hydroxylation is 1. The van der Waals surface area contributed by atoms with E-state index in [-0.39, 0.29) is 17.7 Å². The number of amides is 2. The summed E-state index contributed by atoms with van der Waals surface area (Å²) in [5.74, 6) is 0.485. The number of rotatable bonds is 2. The summed E-state index contributed by atoms with van der Waals surface area (Å²) in [7, 11) is 2.07. The summed E-state index contributed by atoms with van der Waals surface area (Å²) in [4.78, 5) is 37.1. The van der Waals surface area contributed by atoms with Crippen LogP contribution in [0.1, 0.15) is 21.1 Å². The van der Waals surface area contributed by atoms with E-state index in [4.69, 9.17) is 0 Å². The van der Waals surface area contributed by atoms with Gasteiger partial charge in [-0.2, -0.15) is 5.10 Å². The van der Waals surface area contributed by atoms with Gasteiger partial charge in [-0.3, -0.25) is 9.59 Å². The van der Waals surface area contributed by atoms with Gasteiger partial charge in [0.25, 0.3) is 5.91 Å². The maximum Gasteiger partial charge on any atom is 0.264 e. The minimum atomic E-state index is -0.304. The molecule has 9 heteroatoms. The van der Waals surface area contributed by atoms with Crippen LogP contribution in [0.5, 0.6) is 0 Å². The summed E-state index contributed by atoms with van der Waals surface area (Å²) in [5, 5.41) is 6.24. The molecule has 0 N–H and O–H groups in total. The molecule has 1 unspecified atom stereocenters. The average molecular weight is 388 g/mol. The third kappa shape index (κ3) is 3.74. The SMILES string of the molecule is Cc1csc(C(=O)N2Cc3ncnn3CC(C(=O)N3CCN(C)CC3)C2)c1. The standard InChI is InChI=1S/C18H24N6O2S/c1-13-7-15(27-11-13)18(26)23-8-14(9-24-16(10-23)19-12-20-24)17(25)22-5-3-21(2)4-6-22/h7,11-12,14H,3-6,8-10H2,1-2H3. The van der Waals surface area contributed by atoms with Gasteiger partial charge >= 0.3 is 0 Å². The number of hydrogen-bond acceptors (Lipinski definition) is 6. The van der Waals surface area contributed by atoms with E-state index in [9.17, 15) is 9.59 Å². The molecule has 8 nitrogen and oxygen atoms in total. The van der Waals surface area contributed by atoms with Crippen molar-refractivity contribution in [2.75, 3.05) is 39.8 Å². The van der Waals surface area contributed by atoms with Crippen molar-refractivity contribution in [1.29, 1.82) is 0 Å². The van der Waals surface area contributed by atoms with Crippen LogP contribution in [0.3, 0.4) is 0 Å². The molecule has 4 rings (SSSR count). The molecule has 0 aliphatic carbocycles. The molecule has 0 saturated carbocycles. The first-order chi connectivity index (χ1) is 13.0. The predicted molar refractivity (Wildman–Crippen MR) is 101 cm³/mol. The first kappa shape index (κ1) is 18.1. The van der Waals surface area contributed by atoms with Crippen molar-refractivity contribution in [2.45, 2.75) is 20.0 Å². The number of carbonyl (C=O) groups is 2. The van der Waals surface area contributed by atoms with Crippen LogP contribution in [0.15, 0.2) is 17.8 Å². The molecule has 1 fully saturated rings. The summed E-state index contributed by atoms with van der Waals surface area (Å²) in [5.41, 5.74) is 1.08. The summed E-state index contributed by atoms with van der Waals surface area (Å²) < 4.78 is 1.77. The average Bonchev–Trinajstić information content (AvgIpc) is 3.25. The minimum absolute atomic E-state index is 0.0410. The van der Waals surface area contributed by atoms with Crippen LogP contribution >= 0.6 is 11.3 Å². The van der Waals surface area contributed by atoms with Gasteiger partial charge in [-0.1, -0.05) is 0 Å². The molecule has 0 spiro atoms. The van der Waals surface area contributed by atoms with Gasteiger partial charge in [0.15, 0.2) is 0 Å². The Hall–Kier alpha value is -2.26. The number of fused-ring (bicyclic) bond motifs is 1. The van der Waals surface area contributed by atoms with Crippen molar-refractivity contribution in [3.05, 3.63) is 34.0 Å². The third-order valence-corrected chi connectivity index (χ3v) is 6.29. The van der Waals surface area contributed by atoms with E-state index in [1.807, 2.05) is 23.3 Å². The van der Waals surface area contributed by atoms with Gasteiger partial charge in [0.05, 0.1) is 23.9 Å². The number of nitrogens with zero attached hydrogens (tertiary/aromatic N) is 6. The van der Waals surface area contributed by atoms with Crippen LogP contribution in [-0.2, 0) is 17.9 Å². The Labute approximate surface area is 162 Å². The fourth-order valence-electron chi connectivity index (χ4n) is 3.63. The Balaban J connectivity index is 1.56. The first-order valence-electron chi connectivity index (χ1n) is 9.19. The molecule has 1 atom stereocenters. The smallest absolute Gasteiger partial charge is 0.264 e. The van der Waals surface area contributed by atoms with Crippen molar-refractivity contribution >= 4 is 23.2 Å². The van der Waals surface area contributed by atoms with Crippen molar-refractivity contribution in [3.8, 4) is 0 Å². The first-order valence-corrected chi connectivity index (χ1v) is 10.1. The van der Waals surface area contributed by atoms with Crippen LogP contribution < -0.4 is 0 Å². The Bertz CT molecular complexity index is 839. The second-order valence-corrected chi connectivity index (χ2v) is 8.27. The number of hydrogen-bond donors (Lipinski definition) is 0. The van der Waals surface area contributed by atoms with E-state index in [1.165, 1.54) is 17.7 Å². The van der Waals surface area contributed by atoms with Crippen LogP contribution in [0.2, 0.25) is 0 Å². The molecular weight excluding hydrogens is 364 g/mol. The lowest BCUT2D eigenvalue weighted by molar-refractivity contribution is -0.138. The lowest BCUT2D eigenvalue weighted by atomic mass is 10.1. The van der Waals surface area contributed by atoms with Gasteiger partial charge < -0.3 is 14.7 Å². The molecular formula is C18H24N6O2S. The highest BCUT2D eigenvalue weighted by Gasteiger charge is 2.34. The fourth-order valence-corrected chi connectivity index (χ4v) is 4.49. The van der Waals surface area contributed by atoms with Crippen molar-refractivity contribution in [2.24, 2.45) is 5.92 Å². The van der Waals surface area contributed by atoms with E-state index in [0.717, 1.165) is 37.6 Å². The molecule has 2 aliphatic rings. The fraction of sp³-hybridized carbons (Fsp3) is 0.556. The van der Waals surface area contributed by atoms with E-state index in [2.05, 4.69) is 22.0 Å². The largest absolute Gasteiger partial charge is 0.340 e. The molecule has 0 bridgehead atoms. The summed E-state index contributed by atoms with van der Waals surface area (Å²) >= 11 is 1.44. The normalized spacial score (nSPS) is 21.0. The lowest BCUT2D eigenvalue weighted by Crippen LogP contribution is -2.51. The van der Waals surface area contributed by atoms with Gasteiger partial charge in [0, 0.05) is 32.7 Å². The van der Waals surface area contributed by atoms with E-state index in [0.29, 0.717) is 24.5 Å². The monoisotopic (exact) mass is 388 g/mol. The van der Waals surface area contributed by atoms with Gasteiger partial charge in [-0.15, -0.1) is 11.3 Å². The Morgan fingerprint density at radius 3 is 2.63 bits per heavy atom. The number of piperazine rings is 1. The van der Waals surface area contributed by atoms with Crippen molar-refractivity contribution in [3.63, 3.8) is 0 Å². The molecule has 0 aromatic carbocycles. The molecule has 1 saturated heterocycles. The van der Waals surface area contributed by atoms with Crippen molar-refractivity contribution < 1.29 is 9.59 Å². The Morgan fingerprint density at radius 2 is 1.93 bits per heavy atom. The Morgan fingerprint density at radius 1 is 1.15 bits per heavy atom. The van der Waals surface area contributed by atoms with Crippen LogP contribution in [-0.4, -0.2) is 81.1 Å². The number of carbonyl (C=O) groups excluding carboxylic acids is 2. The van der Waals surface area contributed by atoms with E-state index < -0.39 is 0 Å². The maximum atomic E-state index is 13.2. The van der Waals surface area contributed by atoms with Crippen LogP contribution in [0.4, 0.5) is 0 Å². The van der Waals surface area contributed by atoms with Crippen LogP contribution in [0.25, 0.3) is 0 Å². The molecule has 2 aromatic heterocycles. The Kier molecular flexibility index (Phi) is 4.96. The number of likely N-dealkylation sites (N-methyl/N-ethyl adjacent to an activating group) is 1. The highest BCUT2D eigenvalue weighted by molar-refractivity contribution is 7.12. The summed E-state index contributed by atoms with van der Waals surface area (Å²) in [6, 6.07) is 1.90. The topological polar surface area (TPSA) is 74.6 Å².